The van der Waals surface area contributed by atoms with Gasteiger partial charge in [0.1, 0.15) is 11.9 Å². The number of unbranched alkanes of at least 4 members (excludes halogenated alkanes) is 1. The number of allylic oxidation sites excluding steroid dienone is 1. The Hall–Kier alpha value is -2.84. The molecular weight excluding hydrogens is 428 g/mol. The summed E-state index contributed by atoms with van der Waals surface area (Å²) in [5, 5.41) is 21.3. The highest BCUT2D eigenvalue weighted by Crippen LogP contribution is 2.33. The average Bonchev–Trinajstić information content (AvgIpc) is 2.69. The van der Waals surface area contributed by atoms with Gasteiger partial charge in [0, 0.05) is 21.8 Å². The zero-order chi connectivity index (χ0) is 20.4. The van der Waals surface area contributed by atoms with Crippen molar-refractivity contribution in [2.24, 2.45) is 0 Å². The number of phenolic OH excluding ortho intramolecular Hbond substituents is 1. The van der Waals surface area contributed by atoms with Gasteiger partial charge in [-0.25, -0.2) is 10.3 Å². The van der Waals surface area contributed by atoms with Gasteiger partial charge < -0.3 is 9.84 Å². The molecule has 0 unspecified atom stereocenters. The van der Waals surface area contributed by atoms with Crippen molar-refractivity contribution in [2.45, 2.75) is 25.4 Å². The van der Waals surface area contributed by atoms with E-state index in [1.165, 1.54) is 17.6 Å². The summed E-state index contributed by atoms with van der Waals surface area (Å²) in [7, 11) is 0. The SMILES string of the molecule is O=C(/C=C/CCC[C@@H](OC(=O)Nc1ccccc1)c1cc(Br)ccc1O)NO. The summed E-state index contributed by atoms with van der Waals surface area (Å²) in [6, 6.07) is 13.8. The number of carbonyl (C=O) groups is 2. The van der Waals surface area contributed by atoms with E-state index >= 15 is 0 Å². The largest absolute Gasteiger partial charge is 0.508 e. The van der Waals surface area contributed by atoms with Crippen LogP contribution in [-0.4, -0.2) is 22.3 Å². The predicted octanol–water partition coefficient (Wildman–Crippen LogP) is 4.68. The van der Waals surface area contributed by atoms with Crippen LogP contribution in [0.1, 0.15) is 30.9 Å². The van der Waals surface area contributed by atoms with Crippen molar-refractivity contribution in [1.29, 1.82) is 0 Å². The van der Waals surface area contributed by atoms with Gasteiger partial charge in [-0.2, -0.15) is 0 Å². The van der Waals surface area contributed by atoms with Gasteiger partial charge in [0.05, 0.1) is 0 Å². The number of anilines is 1. The fourth-order valence-electron chi connectivity index (χ4n) is 2.51. The molecule has 28 heavy (non-hydrogen) atoms. The predicted molar refractivity (Wildman–Crippen MR) is 108 cm³/mol. The van der Waals surface area contributed by atoms with Crippen LogP contribution < -0.4 is 10.8 Å². The van der Waals surface area contributed by atoms with Crippen LogP contribution in [0.5, 0.6) is 5.75 Å². The summed E-state index contributed by atoms with van der Waals surface area (Å²) in [4.78, 5) is 23.3. The summed E-state index contributed by atoms with van der Waals surface area (Å²) in [6.45, 7) is 0. The average molecular weight is 449 g/mol. The minimum absolute atomic E-state index is 0.0240. The highest BCUT2D eigenvalue weighted by Gasteiger charge is 2.20. The molecule has 0 aliphatic carbocycles. The Bertz CT molecular complexity index is 827. The van der Waals surface area contributed by atoms with Gasteiger partial charge in [0.25, 0.3) is 5.91 Å². The van der Waals surface area contributed by atoms with Crippen molar-refractivity contribution in [1.82, 2.24) is 5.48 Å². The number of amides is 2. The van der Waals surface area contributed by atoms with E-state index in [-0.39, 0.29) is 5.75 Å². The van der Waals surface area contributed by atoms with Crippen LogP contribution in [-0.2, 0) is 9.53 Å². The van der Waals surface area contributed by atoms with E-state index in [0.29, 0.717) is 30.5 Å². The summed E-state index contributed by atoms with van der Waals surface area (Å²) in [5.74, 6) is -0.587. The maximum atomic E-state index is 12.3. The van der Waals surface area contributed by atoms with Crippen molar-refractivity contribution in [3.05, 3.63) is 70.7 Å². The van der Waals surface area contributed by atoms with Gasteiger partial charge in [0.2, 0.25) is 0 Å². The molecule has 2 aromatic carbocycles. The number of hydroxylamine groups is 1. The van der Waals surface area contributed by atoms with Crippen LogP contribution in [0, 0.1) is 0 Å². The fourth-order valence-corrected chi connectivity index (χ4v) is 2.89. The molecule has 0 aliphatic rings. The number of hydrogen-bond donors (Lipinski definition) is 4. The molecule has 148 valence electrons. The molecule has 1 atom stereocenters. The minimum Gasteiger partial charge on any atom is -0.508 e. The second-order valence-corrected chi connectivity index (χ2v) is 6.81. The van der Waals surface area contributed by atoms with Gasteiger partial charge in [-0.15, -0.1) is 0 Å². The number of benzene rings is 2. The first-order chi connectivity index (χ1) is 13.5. The third kappa shape index (κ3) is 7.05. The fraction of sp³-hybridized carbons (Fsp3) is 0.200. The topological polar surface area (TPSA) is 108 Å². The second-order valence-electron chi connectivity index (χ2n) is 5.90. The van der Waals surface area contributed by atoms with Gasteiger partial charge in [-0.3, -0.25) is 15.3 Å². The number of phenols is 1. The lowest BCUT2D eigenvalue weighted by molar-refractivity contribution is -0.124. The van der Waals surface area contributed by atoms with Crippen molar-refractivity contribution in [3.8, 4) is 5.75 Å². The van der Waals surface area contributed by atoms with Crippen molar-refractivity contribution < 1.29 is 24.6 Å². The van der Waals surface area contributed by atoms with Crippen LogP contribution in [0.2, 0.25) is 0 Å². The maximum absolute atomic E-state index is 12.3. The Labute approximate surface area is 171 Å². The zero-order valence-electron chi connectivity index (χ0n) is 15.0. The van der Waals surface area contributed by atoms with E-state index in [0.717, 1.165) is 4.47 Å². The third-order valence-electron chi connectivity index (χ3n) is 3.82. The summed E-state index contributed by atoms with van der Waals surface area (Å²) in [6.07, 6.45) is 3.05. The number of halogens is 1. The molecule has 7 nitrogen and oxygen atoms in total. The molecule has 0 heterocycles. The third-order valence-corrected chi connectivity index (χ3v) is 4.32. The summed E-state index contributed by atoms with van der Waals surface area (Å²) in [5.41, 5.74) is 2.59. The summed E-state index contributed by atoms with van der Waals surface area (Å²) < 4.78 is 6.30. The van der Waals surface area contributed by atoms with Crippen LogP contribution in [0.15, 0.2) is 65.2 Å². The molecule has 4 N–H and O–H groups in total. The maximum Gasteiger partial charge on any atom is 0.412 e. The zero-order valence-corrected chi connectivity index (χ0v) is 16.6. The normalized spacial score (nSPS) is 11.8. The van der Waals surface area contributed by atoms with Crippen LogP contribution in [0.3, 0.4) is 0 Å². The smallest absolute Gasteiger partial charge is 0.412 e. The number of ether oxygens (including phenoxy) is 1. The van der Waals surface area contributed by atoms with E-state index < -0.39 is 18.1 Å². The molecule has 0 aliphatic heterocycles. The van der Waals surface area contributed by atoms with Gasteiger partial charge in [0.15, 0.2) is 0 Å². The molecule has 2 rings (SSSR count). The first-order valence-corrected chi connectivity index (χ1v) is 9.40. The van der Waals surface area contributed by atoms with E-state index in [9.17, 15) is 14.7 Å². The number of aromatic hydroxyl groups is 1. The van der Waals surface area contributed by atoms with E-state index in [4.69, 9.17) is 9.94 Å². The lowest BCUT2D eigenvalue weighted by atomic mass is 10.0. The molecular formula is C20H21BrN2O5. The van der Waals surface area contributed by atoms with Crippen molar-refractivity contribution in [2.75, 3.05) is 5.32 Å². The Morgan fingerprint density at radius 3 is 2.64 bits per heavy atom. The first-order valence-electron chi connectivity index (χ1n) is 8.61. The van der Waals surface area contributed by atoms with E-state index in [1.54, 1.807) is 42.5 Å². The number of carbonyl (C=O) groups excluding carboxylic acids is 2. The number of rotatable bonds is 8. The van der Waals surface area contributed by atoms with E-state index in [1.807, 2.05) is 6.07 Å². The lowest BCUT2D eigenvalue weighted by Crippen LogP contribution is -2.18. The van der Waals surface area contributed by atoms with Crippen molar-refractivity contribution >= 4 is 33.6 Å². The minimum atomic E-state index is -0.679. The van der Waals surface area contributed by atoms with Gasteiger partial charge in [-0.1, -0.05) is 40.2 Å². The Kier molecular flexibility index (Phi) is 8.51. The Morgan fingerprint density at radius 1 is 1.18 bits per heavy atom. The van der Waals surface area contributed by atoms with Gasteiger partial charge >= 0.3 is 6.09 Å². The van der Waals surface area contributed by atoms with Gasteiger partial charge in [-0.05, 0) is 49.6 Å². The highest BCUT2D eigenvalue weighted by molar-refractivity contribution is 9.10. The molecule has 8 heteroatoms. The molecule has 2 aromatic rings. The molecule has 0 saturated carbocycles. The van der Waals surface area contributed by atoms with Crippen LogP contribution in [0.25, 0.3) is 0 Å². The molecule has 0 radical (unpaired) electrons. The molecule has 0 spiro atoms. The quantitative estimate of drug-likeness (QED) is 0.203. The number of nitrogens with one attached hydrogen (secondary N) is 2. The molecule has 2 amide bonds. The first kappa shape index (κ1) is 21.5. The molecule has 0 aromatic heterocycles. The molecule has 0 bridgehead atoms. The standard InChI is InChI=1S/C20H21BrN2O5/c21-14-11-12-17(24)16(13-14)18(9-5-2-6-10-19(25)23-27)28-20(26)22-15-7-3-1-4-8-15/h1,3-4,6-8,10-13,18,24,27H,2,5,9H2,(H,22,26)(H,23,25)/b10-6+/t18-/m1/s1. The van der Waals surface area contributed by atoms with Crippen molar-refractivity contribution in [3.63, 3.8) is 0 Å². The van der Waals surface area contributed by atoms with Crippen LogP contribution in [0.4, 0.5) is 10.5 Å². The molecule has 0 fully saturated rings. The summed E-state index contributed by atoms with van der Waals surface area (Å²) >= 11 is 3.36. The van der Waals surface area contributed by atoms with Crippen LogP contribution >= 0.6 is 15.9 Å². The lowest BCUT2D eigenvalue weighted by Gasteiger charge is -2.20. The number of hydrogen-bond acceptors (Lipinski definition) is 5. The second kappa shape index (κ2) is 11.1. The monoisotopic (exact) mass is 448 g/mol. The van der Waals surface area contributed by atoms with E-state index in [2.05, 4.69) is 21.2 Å². The molecule has 0 saturated heterocycles. The number of para-hydroxylation sites is 1. The Balaban J connectivity index is 2.05. The Morgan fingerprint density at radius 2 is 1.93 bits per heavy atom. The highest BCUT2D eigenvalue weighted by atomic mass is 79.9.